The maximum absolute atomic E-state index is 5.69. The summed E-state index contributed by atoms with van der Waals surface area (Å²) >= 11 is 0. The lowest BCUT2D eigenvalue weighted by molar-refractivity contribution is 0.192. The summed E-state index contributed by atoms with van der Waals surface area (Å²) in [5.41, 5.74) is 2.45. The first kappa shape index (κ1) is 15.4. The van der Waals surface area contributed by atoms with Crippen molar-refractivity contribution in [3.05, 3.63) is 0 Å². The van der Waals surface area contributed by atoms with Gasteiger partial charge in [0.25, 0.3) is 0 Å². The van der Waals surface area contributed by atoms with E-state index in [0.717, 1.165) is 25.9 Å². The van der Waals surface area contributed by atoms with Crippen molar-refractivity contribution in [1.82, 2.24) is 15.0 Å². The van der Waals surface area contributed by atoms with Crippen LogP contribution >= 0.6 is 0 Å². The van der Waals surface area contributed by atoms with Crippen molar-refractivity contribution in [2.24, 2.45) is 5.84 Å². The van der Waals surface area contributed by atoms with Gasteiger partial charge in [-0.15, -0.1) is 0 Å². The fourth-order valence-electron chi connectivity index (χ4n) is 1.76. The van der Waals surface area contributed by atoms with E-state index in [-0.39, 0.29) is 6.10 Å². The van der Waals surface area contributed by atoms with Gasteiger partial charge in [0, 0.05) is 13.1 Å². The van der Waals surface area contributed by atoms with Gasteiger partial charge in [0.1, 0.15) is 0 Å². The number of ether oxygens (including phenoxy) is 1. The van der Waals surface area contributed by atoms with E-state index >= 15 is 0 Å². The largest absolute Gasteiger partial charge is 0.460 e. The third-order valence-electron chi connectivity index (χ3n) is 2.78. The van der Waals surface area contributed by atoms with Crippen LogP contribution in [0.4, 0.5) is 11.9 Å². The normalized spacial score (nSPS) is 12.1. The number of hydrogen-bond acceptors (Lipinski definition) is 7. The molecule has 1 atom stereocenters. The minimum atomic E-state index is 0.0718. The van der Waals surface area contributed by atoms with E-state index in [1.54, 1.807) is 0 Å². The Morgan fingerprint density at radius 1 is 1.21 bits per heavy atom. The number of nitrogens with two attached hydrogens (primary N) is 1. The summed E-state index contributed by atoms with van der Waals surface area (Å²) in [4.78, 5) is 14.7. The van der Waals surface area contributed by atoms with Crippen LogP contribution < -0.4 is 20.9 Å². The smallest absolute Gasteiger partial charge is 0.323 e. The Kier molecular flexibility index (Phi) is 6.27. The van der Waals surface area contributed by atoms with Gasteiger partial charge >= 0.3 is 6.01 Å². The summed E-state index contributed by atoms with van der Waals surface area (Å²) in [5.74, 6) is 6.27. The zero-order chi connectivity index (χ0) is 14.3. The highest BCUT2D eigenvalue weighted by Gasteiger charge is 2.13. The molecule has 1 heterocycles. The second-order valence-electron chi connectivity index (χ2n) is 4.28. The fraction of sp³-hybridized carbons (Fsp3) is 0.750. The second kappa shape index (κ2) is 7.73. The van der Waals surface area contributed by atoms with Gasteiger partial charge in [-0.25, -0.2) is 5.84 Å². The standard InChI is InChI=1S/C12H24N6O/c1-5-8-9(4)19-12-15-10(17-13)14-11(16-12)18(6-2)7-3/h9H,5-8,13H2,1-4H3,(H,14,15,16,17). The van der Waals surface area contributed by atoms with Crippen LogP contribution in [0.15, 0.2) is 0 Å². The van der Waals surface area contributed by atoms with E-state index in [9.17, 15) is 0 Å². The molecule has 108 valence electrons. The predicted octanol–water partition coefficient (Wildman–Crippen LogP) is 1.57. The fourth-order valence-corrected chi connectivity index (χ4v) is 1.76. The topological polar surface area (TPSA) is 89.2 Å². The third kappa shape index (κ3) is 4.51. The number of anilines is 2. The highest BCUT2D eigenvalue weighted by atomic mass is 16.5. The van der Waals surface area contributed by atoms with Gasteiger partial charge in [0.15, 0.2) is 0 Å². The Morgan fingerprint density at radius 2 is 1.89 bits per heavy atom. The highest BCUT2D eigenvalue weighted by molar-refractivity contribution is 5.37. The van der Waals surface area contributed by atoms with Crippen LogP contribution in [0.2, 0.25) is 0 Å². The number of nitrogens with one attached hydrogen (secondary N) is 1. The van der Waals surface area contributed by atoms with Crippen LogP contribution in [-0.2, 0) is 0 Å². The minimum absolute atomic E-state index is 0.0718. The van der Waals surface area contributed by atoms with Gasteiger partial charge in [0.05, 0.1) is 6.10 Å². The Hall–Kier alpha value is -1.63. The lowest BCUT2D eigenvalue weighted by atomic mass is 10.2. The summed E-state index contributed by atoms with van der Waals surface area (Å²) in [7, 11) is 0. The lowest BCUT2D eigenvalue weighted by Gasteiger charge is -2.20. The average Bonchev–Trinajstić information content (AvgIpc) is 2.40. The van der Waals surface area contributed by atoms with Gasteiger partial charge < -0.3 is 9.64 Å². The van der Waals surface area contributed by atoms with Gasteiger partial charge in [-0.3, -0.25) is 5.43 Å². The highest BCUT2D eigenvalue weighted by Crippen LogP contribution is 2.16. The summed E-state index contributed by atoms with van der Waals surface area (Å²) in [6, 6.07) is 0.311. The van der Waals surface area contributed by atoms with Gasteiger partial charge in [0.2, 0.25) is 11.9 Å². The molecule has 7 heteroatoms. The summed E-state index contributed by atoms with van der Waals surface area (Å²) in [6.07, 6.45) is 2.08. The molecule has 0 aliphatic rings. The summed E-state index contributed by atoms with van der Waals surface area (Å²) < 4.78 is 5.69. The summed E-state index contributed by atoms with van der Waals surface area (Å²) in [5, 5.41) is 0. The Labute approximate surface area is 114 Å². The predicted molar refractivity (Wildman–Crippen MR) is 76.2 cm³/mol. The van der Waals surface area contributed by atoms with Gasteiger partial charge in [-0.2, -0.15) is 15.0 Å². The van der Waals surface area contributed by atoms with Crippen molar-refractivity contribution < 1.29 is 4.74 Å². The summed E-state index contributed by atoms with van der Waals surface area (Å²) in [6.45, 7) is 9.83. The lowest BCUT2D eigenvalue weighted by Crippen LogP contribution is -2.26. The number of hydrazine groups is 1. The van der Waals surface area contributed by atoms with E-state index in [1.165, 1.54) is 0 Å². The van der Waals surface area contributed by atoms with Crippen LogP contribution in [-0.4, -0.2) is 34.1 Å². The van der Waals surface area contributed by atoms with Gasteiger partial charge in [-0.05, 0) is 27.2 Å². The van der Waals surface area contributed by atoms with Crippen LogP contribution in [0.25, 0.3) is 0 Å². The van der Waals surface area contributed by atoms with Crippen molar-refractivity contribution in [3.8, 4) is 6.01 Å². The first-order valence-electron chi connectivity index (χ1n) is 6.78. The molecule has 0 fully saturated rings. The molecule has 1 unspecified atom stereocenters. The second-order valence-corrected chi connectivity index (χ2v) is 4.28. The van der Waals surface area contributed by atoms with Crippen molar-refractivity contribution in [3.63, 3.8) is 0 Å². The zero-order valence-corrected chi connectivity index (χ0v) is 12.2. The zero-order valence-electron chi connectivity index (χ0n) is 12.2. The minimum Gasteiger partial charge on any atom is -0.460 e. The SMILES string of the molecule is CCCC(C)Oc1nc(NN)nc(N(CC)CC)n1. The Morgan fingerprint density at radius 3 is 2.42 bits per heavy atom. The molecule has 0 spiro atoms. The average molecular weight is 268 g/mol. The molecule has 0 saturated carbocycles. The molecule has 0 amide bonds. The number of nitrogens with zero attached hydrogens (tertiary/aromatic N) is 4. The number of aromatic nitrogens is 3. The third-order valence-corrected chi connectivity index (χ3v) is 2.78. The molecule has 1 aromatic rings. The number of hydrogen-bond donors (Lipinski definition) is 2. The molecule has 0 saturated heterocycles. The molecule has 0 bridgehead atoms. The van der Waals surface area contributed by atoms with Crippen LogP contribution in [0.5, 0.6) is 6.01 Å². The molecule has 0 aliphatic heterocycles. The Balaban J connectivity index is 2.94. The van der Waals surface area contributed by atoms with E-state index < -0.39 is 0 Å². The van der Waals surface area contributed by atoms with Crippen LogP contribution in [0.3, 0.4) is 0 Å². The molecule has 1 rings (SSSR count). The molecule has 19 heavy (non-hydrogen) atoms. The first-order chi connectivity index (χ1) is 9.14. The van der Waals surface area contributed by atoms with E-state index in [0.29, 0.717) is 17.9 Å². The van der Waals surface area contributed by atoms with Crippen molar-refractivity contribution >= 4 is 11.9 Å². The number of rotatable bonds is 8. The molecule has 7 nitrogen and oxygen atoms in total. The maximum Gasteiger partial charge on any atom is 0.323 e. The van der Waals surface area contributed by atoms with E-state index in [4.69, 9.17) is 10.6 Å². The van der Waals surface area contributed by atoms with Crippen LogP contribution in [0, 0.1) is 0 Å². The molecule has 3 N–H and O–H groups in total. The van der Waals surface area contributed by atoms with Gasteiger partial charge in [-0.1, -0.05) is 13.3 Å². The van der Waals surface area contributed by atoms with Crippen molar-refractivity contribution in [1.29, 1.82) is 0 Å². The maximum atomic E-state index is 5.69. The Bertz CT molecular complexity index is 382. The van der Waals surface area contributed by atoms with Crippen molar-refractivity contribution in [2.75, 3.05) is 23.4 Å². The molecule has 0 aromatic carbocycles. The number of nitrogen functional groups attached to an aromatic ring is 1. The quantitative estimate of drug-likeness (QED) is 0.546. The van der Waals surface area contributed by atoms with E-state index in [1.807, 2.05) is 25.7 Å². The van der Waals surface area contributed by atoms with Crippen molar-refractivity contribution in [2.45, 2.75) is 46.6 Å². The van der Waals surface area contributed by atoms with E-state index in [2.05, 4.69) is 27.3 Å². The molecular formula is C12H24N6O. The first-order valence-corrected chi connectivity index (χ1v) is 6.78. The molecule has 0 aliphatic carbocycles. The molecule has 1 aromatic heterocycles. The molecule has 0 radical (unpaired) electrons. The molecular weight excluding hydrogens is 244 g/mol. The van der Waals surface area contributed by atoms with Crippen LogP contribution in [0.1, 0.15) is 40.5 Å². The monoisotopic (exact) mass is 268 g/mol.